The highest BCUT2D eigenvalue weighted by Crippen LogP contribution is 2.39. The molecule has 1 aromatic rings. The minimum absolute atomic E-state index is 0.0147. The van der Waals surface area contributed by atoms with E-state index < -0.39 is 29.7 Å². The Morgan fingerprint density at radius 3 is 2.50 bits per heavy atom. The van der Waals surface area contributed by atoms with Gasteiger partial charge in [0.1, 0.15) is 11.6 Å². The van der Waals surface area contributed by atoms with Gasteiger partial charge in [0.05, 0.1) is 23.8 Å². The summed E-state index contributed by atoms with van der Waals surface area (Å²) in [5, 5.41) is 2.55. The molecule has 3 rings (SSSR count). The molecule has 1 aliphatic carbocycles. The van der Waals surface area contributed by atoms with Gasteiger partial charge in [-0.1, -0.05) is 6.07 Å². The van der Waals surface area contributed by atoms with Gasteiger partial charge in [0.15, 0.2) is 0 Å². The maximum absolute atomic E-state index is 14.2. The average molecular weight is 336 g/mol. The Balaban J connectivity index is 2.13. The standard InChI is InChI=1S/C17H18F2N2O3/c1-3-24-16(22)13-9(2)21(10-7-8-10)17(23)20-15(13)14-11(18)5-4-6-12(14)19/h4-6,10,15H,3,7-8H2,1-2H3,(H,20,23)/t15-/m1/s1. The van der Waals surface area contributed by atoms with E-state index in [-0.39, 0.29) is 23.8 Å². The van der Waals surface area contributed by atoms with Crippen molar-refractivity contribution in [3.63, 3.8) is 0 Å². The van der Waals surface area contributed by atoms with Crippen molar-refractivity contribution < 1.29 is 23.1 Å². The number of urea groups is 1. The number of carbonyl (C=O) groups is 2. The van der Waals surface area contributed by atoms with Crippen LogP contribution in [0.1, 0.15) is 38.3 Å². The molecule has 24 heavy (non-hydrogen) atoms. The monoisotopic (exact) mass is 336 g/mol. The second-order valence-electron chi connectivity index (χ2n) is 5.84. The van der Waals surface area contributed by atoms with Crippen LogP contribution in [0.3, 0.4) is 0 Å². The first kappa shape index (κ1) is 16.4. The summed E-state index contributed by atoms with van der Waals surface area (Å²) < 4.78 is 33.4. The van der Waals surface area contributed by atoms with Gasteiger partial charge in [0.2, 0.25) is 0 Å². The van der Waals surface area contributed by atoms with Gasteiger partial charge in [-0.25, -0.2) is 18.4 Å². The first-order valence-electron chi connectivity index (χ1n) is 7.87. The summed E-state index contributed by atoms with van der Waals surface area (Å²) in [6, 6.07) is 1.76. The topological polar surface area (TPSA) is 58.6 Å². The molecular formula is C17H18F2N2O3. The highest BCUT2D eigenvalue weighted by atomic mass is 19.1. The molecule has 1 fully saturated rings. The minimum Gasteiger partial charge on any atom is -0.463 e. The number of amides is 2. The van der Waals surface area contributed by atoms with Crippen LogP contribution in [0.4, 0.5) is 13.6 Å². The van der Waals surface area contributed by atoms with Crippen molar-refractivity contribution in [2.24, 2.45) is 0 Å². The number of allylic oxidation sites excluding steroid dienone is 1. The summed E-state index contributed by atoms with van der Waals surface area (Å²) in [6.07, 6.45) is 1.67. The van der Waals surface area contributed by atoms with Crippen LogP contribution in [0.15, 0.2) is 29.5 Å². The van der Waals surface area contributed by atoms with Crippen LogP contribution in [-0.4, -0.2) is 29.5 Å². The van der Waals surface area contributed by atoms with E-state index in [0.717, 1.165) is 25.0 Å². The summed E-state index contributed by atoms with van der Waals surface area (Å²) in [4.78, 5) is 26.3. The third-order valence-electron chi connectivity index (χ3n) is 4.22. The molecule has 2 amide bonds. The van der Waals surface area contributed by atoms with Gasteiger partial charge in [0.25, 0.3) is 0 Å². The molecule has 0 saturated heterocycles. The van der Waals surface area contributed by atoms with Crippen molar-refractivity contribution in [3.8, 4) is 0 Å². The molecule has 1 saturated carbocycles. The molecule has 1 N–H and O–H groups in total. The second kappa shape index (κ2) is 6.22. The lowest BCUT2D eigenvalue weighted by Crippen LogP contribution is -2.49. The number of halogens is 2. The van der Waals surface area contributed by atoms with Crippen LogP contribution in [0.25, 0.3) is 0 Å². The summed E-state index contributed by atoms with van der Waals surface area (Å²) in [5.41, 5.74) is 0.0865. The van der Waals surface area contributed by atoms with E-state index in [0.29, 0.717) is 5.70 Å². The average Bonchev–Trinajstić information content (AvgIpc) is 3.31. The lowest BCUT2D eigenvalue weighted by molar-refractivity contribution is -0.139. The summed E-state index contributed by atoms with van der Waals surface area (Å²) >= 11 is 0. The van der Waals surface area contributed by atoms with Gasteiger partial charge in [-0.05, 0) is 38.8 Å². The number of carbonyl (C=O) groups excluding carboxylic acids is 2. The van der Waals surface area contributed by atoms with Gasteiger partial charge >= 0.3 is 12.0 Å². The Bertz CT molecular complexity index is 708. The number of nitrogens with one attached hydrogen (secondary N) is 1. The smallest absolute Gasteiger partial charge is 0.338 e. The number of ether oxygens (including phenoxy) is 1. The molecule has 0 radical (unpaired) electrons. The van der Waals surface area contributed by atoms with Gasteiger partial charge in [-0.3, -0.25) is 4.90 Å². The Labute approximate surface area is 138 Å². The SMILES string of the molecule is CCOC(=O)C1=C(C)N(C2CC2)C(=O)N[C@H]1c1c(F)cccc1F. The third-order valence-corrected chi connectivity index (χ3v) is 4.22. The fourth-order valence-electron chi connectivity index (χ4n) is 3.01. The number of hydrogen-bond donors (Lipinski definition) is 1. The number of nitrogens with zero attached hydrogens (tertiary/aromatic N) is 1. The molecule has 5 nitrogen and oxygen atoms in total. The van der Waals surface area contributed by atoms with E-state index in [1.54, 1.807) is 13.8 Å². The van der Waals surface area contributed by atoms with E-state index in [4.69, 9.17) is 4.74 Å². The van der Waals surface area contributed by atoms with Crippen LogP contribution in [-0.2, 0) is 9.53 Å². The second-order valence-corrected chi connectivity index (χ2v) is 5.84. The molecule has 0 spiro atoms. The largest absolute Gasteiger partial charge is 0.463 e. The van der Waals surface area contributed by atoms with E-state index in [1.165, 1.54) is 11.0 Å². The molecule has 0 unspecified atom stereocenters. The fourth-order valence-corrected chi connectivity index (χ4v) is 3.01. The van der Waals surface area contributed by atoms with Crippen molar-refractivity contribution in [2.45, 2.75) is 38.8 Å². The molecule has 1 heterocycles. The number of esters is 1. The van der Waals surface area contributed by atoms with Crippen molar-refractivity contribution in [3.05, 3.63) is 46.7 Å². The molecule has 128 valence electrons. The Hall–Kier alpha value is -2.44. The first-order valence-corrected chi connectivity index (χ1v) is 7.87. The van der Waals surface area contributed by atoms with Crippen molar-refractivity contribution in [1.29, 1.82) is 0 Å². The van der Waals surface area contributed by atoms with Crippen LogP contribution in [0, 0.1) is 11.6 Å². The highest BCUT2D eigenvalue weighted by molar-refractivity contribution is 5.95. The summed E-state index contributed by atoms with van der Waals surface area (Å²) in [5.74, 6) is -2.34. The van der Waals surface area contributed by atoms with Gasteiger partial charge in [-0.15, -0.1) is 0 Å². The normalized spacial score (nSPS) is 20.9. The zero-order valence-electron chi connectivity index (χ0n) is 13.4. The lowest BCUT2D eigenvalue weighted by Gasteiger charge is -2.35. The maximum atomic E-state index is 14.2. The quantitative estimate of drug-likeness (QED) is 0.860. The fraction of sp³-hybridized carbons (Fsp3) is 0.412. The third kappa shape index (κ3) is 2.74. The van der Waals surface area contributed by atoms with Crippen LogP contribution in [0.5, 0.6) is 0 Å². The summed E-state index contributed by atoms with van der Waals surface area (Å²) in [6.45, 7) is 3.38. The molecule has 7 heteroatoms. The van der Waals surface area contributed by atoms with Gasteiger partial charge < -0.3 is 10.1 Å². The number of hydrogen-bond acceptors (Lipinski definition) is 3. The lowest BCUT2D eigenvalue weighted by atomic mass is 9.94. The molecule has 1 atom stereocenters. The van der Waals surface area contributed by atoms with Crippen LogP contribution < -0.4 is 5.32 Å². The maximum Gasteiger partial charge on any atom is 0.338 e. The van der Waals surface area contributed by atoms with Crippen molar-refractivity contribution in [2.75, 3.05) is 6.61 Å². The highest BCUT2D eigenvalue weighted by Gasteiger charge is 2.43. The van der Waals surface area contributed by atoms with E-state index in [2.05, 4.69) is 5.32 Å². The van der Waals surface area contributed by atoms with Gasteiger partial charge in [-0.2, -0.15) is 0 Å². The molecule has 0 aromatic heterocycles. The molecule has 0 bridgehead atoms. The van der Waals surface area contributed by atoms with Crippen LogP contribution in [0.2, 0.25) is 0 Å². The zero-order chi connectivity index (χ0) is 17.4. The van der Waals surface area contributed by atoms with Crippen molar-refractivity contribution in [1.82, 2.24) is 10.2 Å². The number of rotatable bonds is 4. The summed E-state index contributed by atoms with van der Waals surface area (Å²) in [7, 11) is 0. The molecule has 1 aliphatic heterocycles. The van der Waals surface area contributed by atoms with E-state index in [1.807, 2.05) is 0 Å². The van der Waals surface area contributed by atoms with Gasteiger partial charge in [0, 0.05) is 11.7 Å². The molecular weight excluding hydrogens is 318 g/mol. The van der Waals surface area contributed by atoms with Crippen LogP contribution >= 0.6 is 0 Å². The minimum atomic E-state index is -1.22. The zero-order valence-corrected chi connectivity index (χ0v) is 13.4. The molecule has 2 aliphatic rings. The first-order chi connectivity index (χ1) is 11.5. The van der Waals surface area contributed by atoms with Crippen molar-refractivity contribution >= 4 is 12.0 Å². The Morgan fingerprint density at radius 1 is 1.33 bits per heavy atom. The van der Waals surface area contributed by atoms with E-state index >= 15 is 0 Å². The Kier molecular flexibility index (Phi) is 4.26. The Morgan fingerprint density at radius 2 is 1.96 bits per heavy atom. The molecule has 1 aromatic carbocycles. The number of benzene rings is 1. The van der Waals surface area contributed by atoms with E-state index in [9.17, 15) is 18.4 Å². The predicted molar refractivity (Wildman–Crippen MR) is 81.8 cm³/mol. The predicted octanol–water partition coefficient (Wildman–Crippen LogP) is 3.03.